The highest BCUT2D eigenvalue weighted by Gasteiger charge is 2.28. The van der Waals surface area contributed by atoms with E-state index in [0.717, 1.165) is 16.5 Å². The minimum atomic E-state index is -0.431. The van der Waals surface area contributed by atoms with Crippen molar-refractivity contribution in [1.82, 2.24) is 10.3 Å². The maximum absolute atomic E-state index is 13.8. The first-order valence-electron chi connectivity index (χ1n) is 22.7. The molecule has 0 radical (unpaired) electrons. The number of nitrogens with one attached hydrogen (secondary N) is 4. The van der Waals surface area contributed by atoms with Crippen molar-refractivity contribution < 1.29 is 38.1 Å². The molecule has 0 bridgehead atoms. The molecular weight excluding hydrogens is 823 g/mol. The number of carbonyl (C=O) groups is 4. The van der Waals surface area contributed by atoms with Gasteiger partial charge in [-0.05, 0) is 117 Å². The zero-order valence-electron chi connectivity index (χ0n) is 38.6. The second-order valence-corrected chi connectivity index (χ2v) is 18.0. The number of para-hydroxylation sites is 1. The minimum Gasteiger partial charge on any atom is -0.491 e. The largest absolute Gasteiger partial charge is 0.491 e. The van der Waals surface area contributed by atoms with E-state index in [1.54, 1.807) is 54.7 Å². The van der Waals surface area contributed by atoms with Gasteiger partial charge in [-0.2, -0.15) is 0 Å². The Labute approximate surface area is 382 Å². The molecule has 6 rings (SSSR count). The van der Waals surface area contributed by atoms with Crippen molar-refractivity contribution in [3.05, 3.63) is 113 Å². The summed E-state index contributed by atoms with van der Waals surface area (Å²) in [5.41, 5.74) is 4.31. The lowest BCUT2D eigenvalue weighted by molar-refractivity contribution is -0.120. The third-order valence-electron chi connectivity index (χ3n) is 10.8. The van der Waals surface area contributed by atoms with Crippen LogP contribution in [0.25, 0.3) is 10.9 Å². The van der Waals surface area contributed by atoms with Gasteiger partial charge in [-0.15, -0.1) is 0 Å². The second kappa shape index (κ2) is 22.9. The normalized spacial score (nSPS) is 14.9. The predicted octanol–water partition coefficient (Wildman–Crippen LogP) is 10.1. The third kappa shape index (κ3) is 14.0. The SMILES string of the molecule is Cc1ccc(C(=O)Nc2ccc(C(=O)Nc3ccc(C(=O)NC4CCC(C(=O)Nc5cnc6ccccc6c5)CC4)cc3OCC(C)C)cc2OCC(C)C)cc1OCCOCC(C)C. The fraction of sp³-hybridized carbons (Fsp3) is 0.404. The molecule has 1 heterocycles. The Morgan fingerprint density at radius 2 is 1.15 bits per heavy atom. The van der Waals surface area contributed by atoms with Gasteiger partial charge < -0.3 is 40.2 Å². The van der Waals surface area contributed by atoms with Gasteiger partial charge in [0.15, 0.2) is 0 Å². The molecule has 1 aliphatic rings. The summed E-state index contributed by atoms with van der Waals surface area (Å²) in [6, 6.07) is 24.7. The van der Waals surface area contributed by atoms with E-state index in [-0.39, 0.29) is 41.5 Å². The van der Waals surface area contributed by atoms with E-state index in [4.69, 9.17) is 18.9 Å². The zero-order valence-corrected chi connectivity index (χ0v) is 38.6. The lowest BCUT2D eigenvalue weighted by Crippen LogP contribution is -2.39. The van der Waals surface area contributed by atoms with Crippen LogP contribution in [-0.4, -0.2) is 67.7 Å². The monoisotopic (exact) mass is 885 g/mol. The molecule has 0 saturated heterocycles. The Kier molecular flexibility index (Phi) is 16.9. The molecule has 4 N–H and O–H groups in total. The molecule has 1 fully saturated rings. The van der Waals surface area contributed by atoms with Crippen LogP contribution in [0.4, 0.5) is 17.1 Å². The van der Waals surface area contributed by atoms with E-state index in [0.29, 0.717) is 116 Å². The number of pyridine rings is 1. The van der Waals surface area contributed by atoms with Crippen LogP contribution in [0.15, 0.2) is 91.1 Å². The van der Waals surface area contributed by atoms with E-state index < -0.39 is 5.91 Å². The molecule has 1 saturated carbocycles. The van der Waals surface area contributed by atoms with Crippen molar-refractivity contribution in [2.45, 2.75) is 80.2 Å². The van der Waals surface area contributed by atoms with E-state index in [1.807, 2.05) is 71.0 Å². The van der Waals surface area contributed by atoms with Crippen LogP contribution in [0.1, 0.15) is 104 Å². The first-order chi connectivity index (χ1) is 31.2. The highest BCUT2D eigenvalue weighted by Crippen LogP contribution is 2.32. The maximum Gasteiger partial charge on any atom is 0.255 e. The van der Waals surface area contributed by atoms with E-state index in [9.17, 15) is 19.2 Å². The highest BCUT2D eigenvalue weighted by atomic mass is 16.5. The number of amides is 4. The van der Waals surface area contributed by atoms with Gasteiger partial charge in [0.05, 0.1) is 48.6 Å². The number of hydrogen-bond acceptors (Lipinski definition) is 9. The van der Waals surface area contributed by atoms with Crippen molar-refractivity contribution in [1.29, 1.82) is 0 Å². The Morgan fingerprint density at radius 1 is 0.600 bits per heavy atom. The number of rotatable bonds is 20. The molecule has 0 spiro atoms. The molecule has 0 unspecified atom stereocenters. The van der Waals surface area contributed by atoms with Gasteiger partial charge in [-0.25, -0.2) is 0 Å². The molecule has 65 heavy (non-hydrogen) atoms. The number of benzene rings is 4. The average molecular weight is 886 g/mol. The Bertz CT molecular complexity index is 2440. The van der Waals surface area contributed by atoms with Gasteiger partial charge in [0.2, 0.25) is 5.91 Å². The number of ether oxygens (including phenoxy) is 4. The van der Waals surface area contributed by atoms with Crippen LogP contribution < -0.4 is 35.5 Å². The number of aromatic nitrogens is 1. The Hall–Kier alpha value is -6.47. The molecule has 0 aliphatic heterocycles. The van der Waals surface area contributed by atoms with Gasteiger partial charge in [0.25, 0.3) is 17.7 Å². The number of hydrogen-bond donors (Lipinski definition) is 4. The van der Waals surface area contributed by atoms with Crippen LogP contribution in [-0.2, 0) is 9.53 Å². The lowest BCUT2D eigenvalue weighted by atomic mass is 9.85. The molecule has 5 aromatic rings. The molecule has 4 amide bonds. The van der Waals surface area contributed by atoms with Crippen molar-refractivity contribution in [3.63, 3.8) is 0 Å². The second-order valence-electron chi connectivity index (χ2n) is 18.0. The molecule has 13 heteroatoms. The van der Waals surface area contributed by atoms with Gasteiger partial charge in [0, 0.05) is 40.6 Å². The standard InChI is InChI=1S/C52H63N5O8/c1-32(2)29-62-22-23-63-46-25-38(13-12-35(46)7)51(60)56-45-21-17-40(27-48(45)65-31-34(5)6)52(61)57-44-20-16-39(26-47(44)64-30-33(3)4)50(59)54-41-18-14-36(15-19-41)49(58)55-42-24-37-10-8-9-11-43(37)53-28-42/h8-13,16-17,20-21,24-28,32-34,36,41H,14-15,18-19,22-23,29-31H2,1-7H3,(H,54,59)(H,55,58)(H,56,60)(H,57,61). The number of fused-ring (bicyclic) bond motifs is 1. The van der Waals surface area contributed by atoms with Crippen molar-refractivity contribution in [2.75, 3.05) is 49.0 Å². The summed E-state index contributed by atoms with van der Waals surface area (Å²) < 4.78 is 23.9. The minimum absolute atomic E-state index is 0.0453. The quantitative estimate of drug-likeness (QED) is 0.0557. The number of aryl methyl sites for hydroxylation is 1. The number of anilines is 3. The summed E-state index contributed by atoms with van der Waals surface area (Å²) in [6.07, 6.45) is 4.27. The van der Waals surface area contributed by atoms with Crippen molar-refractivity contribution >= 4 is 51.6 Å². The first-order valence-corrected chi connectivity index (χ1v) is 22.7. The zero-order chi connectivity index (χ0) is 46.5. The summed E-state index contributed by atoms with van der Waals surface area (Å²) >= 11 is 0. The summed E-state index contributed by atoms with van der Waals surface area (Å²) in [6.45, 7) is 16.3. The van der Waals surface area contributed by atoms with Gasteiger partial charge in [0.1, 0.15) is 23.9 Å². The molecule has 1 aromatic heterocycles. The van der Waals surface area contributed by atoms with Crippen LogP contribution in [0.5, 0.6) is 17.2 Å². The predicted molar refractivity (Wildman–Crippen MR) is 255 cm³/mol. The first kappa shape index (κ1) is 48.0. The molecule has 4 aromatic carbocycles. The molecule has 1 aliphatic carbocycles. The van der Waals surface area contributed by atoms with E-state index in [1.165, 1.54) is 0 Å². The molecular formula is C52H63N5O8. The summed E-state index contributed by atoms with van der Waals surface area (Å²) in [7, 11) is 0. The lowest BCUT2D eigenvalue weighted by Gasteiger charge is -2.28. The maximum atomic E-state index is 13.8. The Morgan fingerprint density at radius 3 is 1.75 bits per heavy atom. The fourth-order valence-electron chi connectivity index (χ4n) is 7.25. The van der Waals surface area contributed by atoms with Crippen LogP contribution >= 0.6 is 0 Å². The van der Waals surface area contributed by atoms with E-state index in [2.05, 4.69) is 40.1 Å². The third-order valence-corrected chi connectivity index (χ3v) is 10.8. The summed E-state index contributed by atoms with van der Waals surface area (Å²) in [4.78, 5) is 58.6. The fourth-order valence-corrected chi connectivity index (χ4v) is 7.25. The van der Waals surface area contributed by atoms with Gasteiger partial charge in [-0.3, -0.25) is 24.2 Å². The Balaban J connectivity index is 1.08. The van der Waals surface area contributed by atoms with Crippen molar-refractivity contribution in [3.8, 4) is 17.2 Å². The van der Waals surface area contributed by atoms with Gasteiger partial charge >= 0.3 is 0 Å². The number of nitrogens with zero attached hydrogens (tertiary/aromatic N) is 1. The van der Waals surface area contributed by atoms with Crippen molar-refractivity contribution in [2.24, 2.45) is 23.7 Å². The summed E-state index contributed by atoms with van der Waals surface area (Å²) in [5, 5.41) is 13.0. The molecule has 0 atom stereocenters. The topological polar surface area (TPSA) is 166 Å². The average Bonchev–Trinajstić information content (AvgIpc) is 3.28. The molecule has 344 valence electrons. The van der Waals surface area contributed by atoms with Gasteiger partial charge in [-0.1, -0.05) is 65.8 Å². The van der Waals surface area contributed by atoms with Crippen LogP contribution in [0.2, 0.25) is 0 Å². The molecule has 13 nitrogen and oxygen atoms in total. The highest BCUT2D eigenvalue weighted by molar-refractivity contribution is 6.08. The summed E-state index contributed by atoms with van der Waals surface area (Å²) in [5.74, 6) is 0.798. The smallest absolute Gasteiger partial charge is 0.255 e. The number of carbonyl (C=O) groups excluding carboxylic acids is 4. The van der Waals surface area contributed by atoms with E-state index >= 15 is 0 Å². The van der Waals surface area contributed by atoms with Crippen LogP contribution in [0.3, 0.4) is 0 Å². The van der Waals surface area contributed by atoms with Crippen LogP contribution in [0, 0.1) is 30.6 Å².